The van der Waals surface area contributed by atoms with Crippen molar-refractivity contribution < 1.29 is 0 Å². The number of thiophene rings is 1. The first-order chi connectivity index (χ1) is 26.9. The van der Waals surface area contributed by atoms with E-state index in [4.69, 9.17) is 0 Å². The first-order valence-corrected chi connectivity index (χ1v) is 20.1. The van der Waals surface area contributed by atoms with Crippen molar-refractivity contribution in [3.8, 4) is 33.4 Å². The fourth-order valence-corrected chi connectivity index (χ4v) is 11.0. The van der Waals surface area contributed by atoms with E-state index < -0.39 is 0 Å². The molecular formula is C53H39NS. The SMILES string of the molecule is CC1(C)c2ccccc2-c2ccc(N(c3ccc4c(c3)C(C)(c3ccccc3)c3ccccc3-4)c3ccccc3-c3cccc4c3sc3ccccc34)cc21. The minimum Gasteiger partial charge on any atom is -0.310 e. The summed E-state index contributed by atoms with van der Waals surface area (Å²) in [6, 6.07) is 67.9. The molecule has 1 unspecified atom stereocenters. The third-order valence-corrected chi connectivity index (χ3v) is 13.8. The van der Waals surface area contributed by atoms with Crippen molar-refractivity contribution in [2.45, 2.75) is 31.6 Å². The van der Waals surface area contributed by atoms with Crippen LogP contribution in [0.15, 0.2) is 182 Å². The standard InChI is InChI=1S/C53H39NS/c1-52(2)45-24-11-7-18-37(45)39-30-28-35(32-47(39)52)54(49-26-13-9-20-41(49)43-22-15-23-44-42-21-10-14-27-50(42)55-51(43)44)36-29-31-40-38-19-8-12-25-46(38)53(3,48(40)33-36)34-16-5-4-6-17-34/h4-33H,1-3H3. The average Bonchev–Trinajstić information content (AvgIpc) is 3.82. The molecule has 11 rings (SSSR count). The Hall–Kier alpha value is -6.22. The predicted molar refractivity (Wildman–Crippen MR) is 234 cm³/mol. The summed E-state index contributed by atoms with van der Waals surface area (Å²) >= 11 is 1.89. The lowest BCUT2D eigenvalue weighted by molar-refractivity contribution is 0.660. The molecule has 0 bridgehead atoms. The normalized spacial score (nSPS) is 16.1. The van der Waals surface area contributed by atoms with Gasteiger partial charge in [-0.1, -0.05) is 159 Å². The van der Waals surface area contributed by atoms with Crippen LogP contribution in [0.1, 0.15) is 48.6 Å². The second-order valence-corrected chi connectivity index (χ2v) is 16.9. The highest BCUT2D eigenvalue weighted by Crippen LogP contribution is 2.56. The Bertz CT molecular complexity index is 2990. The molecule has 0 aliphatic heterocycles. The van der Waals surface area contributed by atoms with Crippen molar-refractivity contribution >= 4 is 48.6 Å². The van der Waals surface area contributed by atoms with Crippen molar-refractivity contribution in [2.75, 3.05) is 4.90 Å². The first kappa shape index (κ1) is 32.2. The minimum absolute atomic E-state index is 0.124. The molecule has 55 heavy (non-hydrogen) atoms. The molecule has 2 heteroatoms. The Balaban J connectivity index is 1.17. The molecule has 9 aromatic rings. The Kier molecular flexibility index (Phi) is 6.97. The second-order valence-electron chi connectivity index (χ2n) is 15.8. The van der Waals surface area contributed by atoms with E-state index in [-0.39, 0.29) is 10.8 Å². The van der Waals surface area contributed by atoms with E-state index in [1.165, 1.54) is 81.4 Å². The lowest BCUT2D eigenvalue weighted by Crippen LogP contribution is -2.23. The maximum atomic E-state index is 2.52. The van der Waals surface area contributed by atoms with Crippen LogP contribution in [0.25, 0.3) is 53.6 Å². The largest absolute Gasteiger partial charge is 0.310 e. The average molecular weight is 722 g/mol. The molecule has 0 saturated carbocycles. The Labute approximate surface area is 326 Å². The van der Waals surface area contributed by atoms with E-state index in [2.05, 4.69) is 208 Å². The predicted octanol–water partition coefficient (Wildman–Crippen LogP) is 14.8. The van der Waals surface area contributed by atoms with Crippen LogP contribution in [0.4, 0.5) is 17.1 Å². The lowest BCUT2D eigenvalue weighted by atomic mass is 9.74. The lowest BCUT2D eigenvalue weighted by Gasteiger charge is -2.32. The highest BCUT2D eigenvalue weighted by Gasteiger charge is 2.41. The molecule has 2 aliphatic rings. The molecule has 0 amide bonds. The van der Waals surface area contributed by atoms with Gasteiger partial charge in [0.2, 0.25) is 0 Å². The molecule has 0 N–H and O–H groups in total. The zero-order valence-corrected chi connectivity index (χ0v) is 32.0. The Morgan fingerprint density at radius 2 is 0.945 bits per heavy atom. The fourth-order valence-electron chi connectivity index (χ4n) is 9.82. The molecule has 2 aliphatic carbocycles. The van der Waals surface area contributed by atoms with Gasteiger partial charge >= 0.3 is 0 Å². The molecule has 1 nitrogen and oxygen atoms in total. The van der Waals surface area contributed by atoms with Gasteiger partial charge in [0, 0.05) is 53.5 Å². The zero-order chi connectivity index (χ0) is 36.9. The second kappa shape index (κ2) is 11.9. The number of nitrogens with zero attached hydrogens (tertiary/aromatic N) is 1. The highest BCUT2D eigenvalue weighted by atomic mass is 32.1. The van der Waals surface area contributed by atoms with Gasteiger partial charge in [-0.25, -0.2) is 0 Å². The van der Waals surface area contributed by atoms with Gasteiger partial charge in [-0.3, -0.25) is 0 Å². The van der Waals surface area contributed by atoms with Gasteiger partial charge in [-0.05, 0) is 93.4 Å². The van der Waals surface area contributed by atoms with E-state index in [0.717, 1.165) is 17.1 Å². The Morgan fingerprint density at radius 1 is 0.400 bits per heavy atom. The molecule has 1 atom stereocenters. The van der Waals surface area contributed by atoms with Crippen LogP contribution in [0.2, 0.25) is 0 Å². The van der Waals surface area contributed by atoms with Crippen LogP contribution >= 0.6 is 11.3 Å². The van der Waals surface area contributed by atoms with Gasteiger partial charge in [-0.15, -0.1) is 11.3 Å². The number of anilines is 3. The van der Waals surface area contributed by atoms with E-state index in [9.17, 15) is 0 Å². The quantitative estimate of drug-likeness (QED) is 0.171. The third-order valence-electron chi connectivity index (χ3n) is 12.6. The summed E-state index contributed by atoms with van der Waals surface area (Å²) in [5, 5.41) is 2.63. The number of benzene rings is 8. The molecule has 262 valence electrons. The van der Waals surface area contributed by atoms with Crippen LogP contribution in [-0.4, -0.2) is 0 Å². The topological polar surface area (TPSA) is 3.24 Å². The molecular weight excluding hydrogens is 683 g/mol. The number of hydrogen-bond acceptors (Lipinski definition) is 2. The van der Waals surface area contributed by atoms with Crippen molar-refractivity contribution in [1.82, 2.24) is 0 Å². The summed E-state index contributed by atoms with van der Waals surface area (Å²) in [5.74, 6) is 0. The summed E-state index contributed by atoms with van der Waals surface area (Å²) < 4.78 is 2.64. The van der Waals surface area contributed by atoms with E-state index in [0.29, 0.717) is 0 Å². The number of para-hydroxylation sites is 1. The summed E-state index contributed by atoms with van der Waals surface area (Å²) in [4.78, 5) is 2.52. The minimum atomic E-state index is -0.307. The molecule has 0 radical (unpaired) electrons. The van der Waals surface area contributed by atoms with Crippen molar-refractivity contribution in [3.63, 3.8) is 0 Å². The van der Waals surface area contributed by atoms with Crippen molar-refractivity contribution in [3.05, 3.63) is 210 Å². The summed E-state index contributed by atoms with van der Waals surface area (Å²) in [6.07, 6.45) is 0. The molecule has 8 aromatic carbocycles. The monoisotopic (exact) mass is 721 g/mol. The van der Waals surface area contributed by atoms with Gasteiger partial charge in [0.05, 0.1) is 5.69 Å². The molecule has 0 fully saturated rings. The van der Waals surface area contributed by atoms with E-state index in [1.54, 1.807) is 0 Å². The van der Waals surface area contributed by atoms with Crippen molar-refractivity contribution in [2.24, 2.45) is 0 Å². The van der Waals surface area contributed by atoms with Crippen molar-refractivity contribution in [1.29, 1.82) is 0 Å². The van der Waals surface area contributed by atoms with Crippen LogP contribution in [0, 0.1) is 0 Å². The fraction of sp³-hybridized carbons (Fsp3) is 0.0943. The first-order valence-electron chi connectivity index (χ1n) is 19.3. The number of hydrogen-bond donors (Lipinski definition) is 0. The van der Waals surface area contributed by atoms with Crippen LogP contribution in [0.5, 0.6) is 0 Å². The molecule has 0 spiro atoms. The number of fused-ring (bicyclic) bond motifs is 9. The Morgan fingerprint density at radius 3 is 1.73 bits per heavy atom. The molecule has 1 aromatic heterocycles. The van der Waals surface area contributed by atoms with Gasteiger partial charge in [0.25, 0.3) is 0 Å². The van der Waals surface area contributed by atoms with Crippen LogP contribution < -0.4 is 4.90 Å². The summed E-state index contributed by atoms with van der Waals surface area (Å²) in [5.41, 5.74) is 17.6. The smallest absolute Gasteiger partial charge is 0.0540 e. The van der Waals surface area contributed by atoms with Crippen LogP contribution in [-0.2, 0) is 10.8 Å². The zero-order valence-electron chi connectivity index (χ0n) is 31.2. The van der Waals surface area contributed by atoms with Gasteiger partial charge < -0.3 is 4.90 Å². The molecule has 0 saturated heterocycles. The summed E-state index contributed by atoms with van der Waals surface area (Å²) in [6.45, 7) is 7.16. The number of rotatable bonds is 5. The maximum absolute atomic E-state index is 2.52. The van der Waals surface area contributed by atoms with E-state index in [1.807, 2.05) is 11.3 Å². The van der Waals surface area contributed by atoms with E-state index >= 15 is 0 Å². The maximum Gasteiger partial charge on any atom is 0.0540 e. The highest BCUT2D eigenvalue weighted by molar-refractivity contribution is 7.26. The molecule has 1 heterocycles. The summed E-state index contributed by atoms with van der Waals surface area (Å²) in [7, 11) is 0. The van der Waals surface area contributed by atoms with Gasteiger partial charge in [0.1, 0.15) is 0 Å². The van der Waals surface area contributed by atoms with Crippen LogP contribution in [0.3, 0.4) is 0 Å². The van der Waals surface area contributed by atoms with Gasteiger partial charge in [0.15, 0.2) is 0 Å². The van der Waals surface area contributed by atoms with Gasteiger partial charge in [-0.2, -0.15) is 0 Å². The third kappa shape index (κ3) is 4.59.